The van der Waals surface area contributed by atoms with Crippen LogP contribution in [0.3, 0.4) is 0 Å². The molecule has 0 bridgehead atoms. The van der Waals surface area contributed by atoms with Gasteiger partial charge in [-0.05, 0) is 49.8 Å². The van der Waals surface area contributed by atoms with Crippen molar-refractivity contribution in [1.29, 1.82) is 0 Å². The third-order valence-corrected chi connectivity index (χ3v) is 4.37. The average molecular weight is 282 g/mol. The predicted molar refractivity (Wildman–Crippen MR) is 84.7 cm³/mol. The first kappa shape index (κ1) is 14.2. The summed E-state index contributed by atoms with van der Waals surface area (Å²) >= 11 is 0. The molecule has 1 heterocycles. The molecule has 3 rings (SSSR count). The highest BCUT2D eigenvalue weighted by Gasteiger charge is 2.31. The number of para-hydroxylation sites is 1. The lowest BCUT2D eigenvalue weighted by atomic mass is 9.80. The molecular weight excluding hydrogens is 260 g/mol. The Labute approximate surface area is 126 Å². The quantitative estimate of drug-likeness (QED) is 0.916. The van der Waals surface area contributed by atoms with E-state index in [0.29, 0.717) is 5.92 Å². The zero-order valence-electron chi connectivity index (χ0n) is 12.7. The molecule has 2 atom stereocenters. The Bertz CT molecular complexity index is 631. The molecule has 21 heavy (non-hydrogen) atoms. The highest BCUT2D eigenvalue weighted by molar-refractivity contribution is 5.38. The van der Waals surface area contributed by atoms with Crippen molar-refractivity contribution in [2.75, 3.05) is 6.61 Å². The molecule has 2 aromatic rings. The molecule has 1 aliphatic rings. The van der Waals surface area contributed by atoms with Gasteiger partial charge in [0, 0.05) is 0 Å². The zero-order chi connectivity index (χ0) is 14.9. The Hall–Kier alpha value is -1.80. The summed E-state index contributed by atoms with van der Waals surface area (Å²) < 4.78 is 5.71. The lowest BCUT2D eigenvalue weighted by Crippen LogP contribution is -2.27. The Morgan fingerprint density at radius 1 is 1.19 bits per heavy atom. The summed E-state index contributed by atoms with van der Waals surface area (Å²) in [6.45, 7) is 4.70. The van der Waals surface area contributed by atoms with Crippen molar-refractivity contribution in [3.8, 4) is 5.75 Å². The number of hydrogen-bond donors (Lipinski definition) is 1. The second-order valence-corrected chi connectivity index (χ2v) is 6.22. The highest BCUT2D eigenvalue weighted by atomic mass is 16.5. The molecule has 0 radical (unpaired) electrons. The van der Waals surface area contributed by atoms with Gasteiger partial charge in [-0.15, -0.1) is 0 Å². The SMILES string of the molecule is Cc1cccc(C(C)(O)CC2CCOc3ccccc32)c1. The third-order valence-electron chi connectivity index (χ3n) is 4.37. The molecule has 110 valence electrons. The van der Waals surface area contributed by atoms with Crippen LogP contribution >= 0.6 is 0 Å². The van der Waals surface area contributed by atoms with Crippen molar-refractivity contribution < 1.29 is 9.84 Å². The van der Waals surface area contributed by atoms with Crippen molar-refractivity contribution in [3.05, 3.63) is 65.2 Å². The second kappa shape index (κ2) is 5.53. The molecule has 0 aliphatic carbocycles. The van der Waals surface area contributed by atoms with Gasteiger partial charge in [-0.3, -0.25) is 0 Å². The van der Waals surface area contributed by atoms with Crippen LogP contribution in [0.5, 0.6) is 5.75 Å². The summed E-state index contributed by atoms with van der Waals surface area (Å²) in [6.07, 6.45) is 1.68. The Kier molecular flexibility index (Phi) is 3.73. The predicted octanol–water partition coefficient (Wildman–Crippen LogP) is 4.16. The Morgan fingerprint density at radius 2 is 2.00 bits per heavy atom. The number of aryl methyl sites for hydroxylation is 1. The molecule has 2 nitrogen and oxygen atoms in total. The van der Waals surface area contributed by atoms with Crippen molar-refractivity contribution in [2.45, 2.75) is 38.2 Å². The smallest absolute Gasteiger partial charge is 0.122 e. The minimum atomic E-state index is -0.818. The summed E-state index contributed by atoms with van der Waals surface area (Å²) in [6, 6.07) is 16.3. The molecule has 2 aromatic carbocycles. The number of benzene rings is 2. The number of aliphatic hydroxyl groups is 1. The molecule has 0 saturated heterocycles. The molecule has 1 N–H and O–H groups in total. The minimum Gasteiger partial charge on any atom is -0.493 e. The molecule has 0 spiro atoms. The molecule has 1 aliphatic heterocycles. The molecule has 0 amide bonds. The summed E-state index contributed by atoms with van der Waals surface area (Å²) in [5.41, 5.74) is 2.57. The van der Waals surface area contributed by atoms with E-state index in [1.807, 2.05) is 37.3 Å². The number of hydrogen-bond acceptors (Lipinski definition) is 2. The van der Waals surface area contributed by atoms with Crippen LogP contribution in [0.4, 0.5) is 0 Å². The van der Waals surface area contributed by atoms with E-state index in [0.717, 1.165) is 30.8 Å². The maximum absolute atomic E-state index is 10.9. The standard InChI is InChI=1S/C19H22O2/c1-14-6-5-7-16(12-14)19(2,20)13-15-10-11-21-18-9-4-3-8-17(15)18/h3-9,12,15,20H,10-11,13H2,1-2H3. The fourth-order valence-corrected chi connectivity index (χ4v) is 3.21. The van der Waals surface area contributed by atoms with E-state index in [4.69, 9.17) is 4.74 Å². The zero-order valence-corrected chi connectivity index (χ0v) is 12.7. The molecule has 0 saturated carbocycles. The average Bonchev–Trinajstić information content (AvgIpc) is 2.47. The van der Waals surface area contributed by atoms with Crippen LogP contribution in [0.15, 0.2) is 48.5 Å². The Balaban J connectivity index is 1.86. The summed E-state index contributed by atoms with van der Waals surface area (Å²) in [5.74, 6) is 1.30. The maximum Gasteiger partial charge on any atom is 0.122 e. The van der Waals surface area contributed by atoms with Crippen LogP contribution in [-0.4, -0.2) is 11.7 Å². The van der Waals surface area contributed by atoms with E-state index in [9.17, 15) is 5.11 Å². The normalized spacial score (nSPS) is 20.2. The molecule has 0 fully saturated rings. The topological polar surface area (TPSA) is 29.5 Å². The highest BCUT2D eigenvalue weighted by Crippen LogP contribution is 2.41. The van der Waals surface area contributed by atoms with E-state index >= 15 is 0 Å². The fraction of sp³-hybridized carbons (Fsp3) is 0.368. The molecule has 2 unspecified atom stereocenters. The van der Waals surface area contributed by atoms with Crippen LogP contribution < -0.4 is 4.74 Å². The van der Waals surface area contributed by atoms with E-state index in [1.165, 1.54) is 11.1 Å². The third kappa shape index (κ3) is 2.96. The van der Waals surface area contributed by atoms with Crippen LogP contribution in [0.25, 0.3) is 0 Å². The van der Waals surface area contributed by atoms with Gasteiger partial charge >= 0.3 is 0 Å². The Morgan fingerprint density at radius 3 is 2.81 bits per heavy atom. The van der Waals surface area contributed by atoms with Crippen LogP contribution in [-0.2, 0) is 5.60 Å². The first-order valence-corrected chi connectivity index (χ1v) is 7.57. The summed E-state index contributed by atoms with van der Waals surface area (Å²) in [7, 11) is 0. The lowest BCUT2D eigenvalue weighted by Gasteiger charge is -2.32. The molecule has 0 aromatic heterocycles. The number of rotatable bonds is 3. The van der Waals surface area contributed by atoms with Crippen LogP contribution in [0.1, 0.15) is 42.4 Å². The van der Waals surface area contributed by atoms with E-state index in [2.05, 4.69) is 25.1 Å². The van der Waals surface area contributed by atoms with Crippen LogP contribution in [0, 0.1) is 6.92 Å². The lowest BCUT2D eigenvalue weighted by molar-refractivity contribution is 0.0352. The largest absolute Gasteiger partial charge is 0.493 e. The second-order valence-electron chi connectivity index (χ2n) is 6.22. The van der Waals surface area contributed by atoms with E-state index < -0.39 is 5.60 Å². The first-order valence-electron chi connectivity index (χ1n) is 7.57. The fourth-order valence-electron chi connectivity index (χ4n) is 3.21. The van der Waals surface area contributed by atoms with Gasteiger partial charge in [0.15, 0.2) is 0 Å². The van der Waals surface area contributed by atoms with Gasteiger partial charge in [0.25, 0.3) is 0 Å². The maximum atomic E-state index is 10.9. The number of fused-ring (bicyclic) bond motifs is 1. The molecule has 2 heteroatoms. The van der Waals surface area contributed by atoms with Gasteiger partial charge in [0.2, 0.25) is 0 Å². The molecular formula is C19H22O2. The van der Waals surface area contributed by atoms with Crippen molar-refractivity contribution in [2.24, 2.45) is 0 Å². The van der Waals surface area contributed by atoms with Gasteiger partial charge in [0.05, 0.1) is 12.2 Å². The first-order chi connectivity index (χ1) is 10.1. The van der Waals surface area contributed by atoms with E-state index in [-0.39, 0.29) is 0 Å². The number of ether oxygens (including phenoxy) is 1. The van der Waals surface area contributed by atoms with Gasteiger partial charge in [-0.2, -0.15) is 0 Å². The van der Waals surface area contributed by atoms with Gasteiger partial charge in [-0.25, -0.2) is 0 Å². The van der Waals surface area contributed by atoms with Gasteiger partial charge in [-0.1, -0.05) is 48.0 Å². The van der Waals surface area contributed by atoms with Gasteiger partial charge in [0.1, 0.15) is 5.75 Å². The van der Waals surface area contributed by atoms with Crippen LogP contribution in [0.2, 0.25) is 0 Å². The van der Waals surface area contributed by atoms with Crippen molar-refractivity contribution in [1.82, 2.24) is 0 Å². The monoisotopic (exact) mass is 282 g/mol. The summed E-state index contributed by atoms with van der Waals surface area (Å²) in [5, 5.41) is 10.9. The van der Waals surface area contributed by atoms with E-state index in [1.54, 1.807) is 0 Å². The van der Waals surface area contributed by atoms with Crippen molar-refractivity contribution in [3.63, 3.8) is 0 Å². The minimum absolute atomic E-state index is 0.338. The summed E-state index contributed by atoms with van der Waals surface area (Å²) in [4.78, 5) is 0. The van der Waals surface area contributed by atoms with Gasteiger partial charge < -0.3 is 9.84 Å². The van der Waals surface area contributed by atoms with Crippen molar-refractivity contribution >= 4 is 0 Å².